The van der Waals surface area contributed by atoms with Crippen molar-refractivity contribution in [3.8, 4) is 0 Å². The van der Waals surface area contributed by atoms with Gasteiger partial charge >= 0.3 is 0 Å². The van der Waals surface area contributed by atoms with Crippen LogP contribution >= 0.6 is 0 Å². The van der Waals surface area contributed by atoms with Crippen LogP contribution in [-0.4, -0.2) is 42.7 Å². The number of hydrogen-bond donors (Lipinski definition) is 2. The quantitative estimate of drug-likeness (QED) is 0.823. The molecule has 0 aromatic heterocycles. The Hall–Kier alpha value is -0.900. The molecule has 1 aliphatic heterocycles. The van der Waals surface area contributed by atoms with Crippen molar-refractivity contribution in [2.75, 3.05) is 32.7 Å². The van der Waals surface area contributed by atoms with Crippen LogP contribution in [0.5, 0.6) is 0 Å². The van der Waals surface area contributed by atoms with Crippen LogP contribution in [0.25, 0.3) is 0 Å². The second-order valence-electron chi connectivity index (χ2n) is 5.39. The lowest BCUT2D eigenvalue weighted by molar-refractivity contribution is 0.136. The van der Waals surface area contributed by atoms with E-state index in [4.69, 9.17) is 0 Å². The van der Waals surface area contributed by atoms with Crippen molar-refractivity contribution in [2.45, 2.75) is 32.3 Å². The van der Waals surface area contributed by atoms with Crippen LogP contribution in [0.15, 0.2) is 24.3 Å². The maximum atomic E-state index is 10.2. The van der Waals surface area contributed by atoms with Gasteiger partial charge in [-0.3, -0.25) is 0 Å². The molecule has 3 heteroatoms. The van der Waals surface area contributed by atoms with Crippen LogP contribution in [-0.2, 0) is 6.42 Å². The number of hydrogen-bond acceptors (Lipinski definition) is 3. The van der Waals surface area contributed by atoms with E-state index in [2.05, 4.69) is 41.4 Å². The summed E-state index contributed by atoms with van der Waals surface area (Å²) in [5.41, 5.74) is 2.41. The fourth-order valence-electron chi connectivity index (χ4n) is 2.60. The molecule has 3 nitrogen and oxygen atoms in total. The summed E-state index contributed by atoms with van der Waals surface area (Å²) in [7, 11) is 0. The summed E-state index contributed by atoms with van der Waals surface area (Å²) >= 11 is 0. The molecule has 0 amide bonds. The second-order valence-corrected chi connectivity index (χ2v) is 5.39. The highest BCUT2D eigenvalue weighted by Crippen LogP contribution is 2.18. The van der Waals surface area contributed by atoms with Gasteiger partial charge in [-0.1, -0.05) is 37.6 Å². The molecule has 19 heavy (non-hydrogen) atoms. The van der Waals surface area contributed by atoms with E-state index in [0.717, 1.165) is 51.1 Å². The van der Waals surface area contributed by atoms with Gasteiger partial charge in [-0.2, -0.15) is 0 Å². The molecule has 1 aromatic carbocycles. The Morgan fingerprint density at radius 2 is 1.89 bits per heavy atom. The summed E-state index contributed by atoms with van der Waals surface area (Å²) in [4.78, 5) is 2.42. The van der Waals surface area contributed by atoms with Crippen molar-refractivity contribution < 1.29 is 5.11 Å². The van der Waals surface area contributed by atoms with E-state index in [1.807, 2.05) is 0 Å². The summed E-state index contributed by atoms with van der Waals surface area (Å²) in [6.07, 6.45) is 2.79. The molecule has 1 unspecified atom stereocenters. The van der Waals surface area contributed by atoms with Crippen molar-refractivity contribution >= 4 is 0 Å². The molecule has 1 fully saturated rings. The maximum absolute atomic E-state index is 10.2. The number of rotatable bonds is 6. The minimum Gasteiger partial charge on any atom is -0.388 e. The molecule has 1 saturated heterocycles. The number of nitrogens with zero attached hydrogens (tertiary/aromatic N) is 1. The summed E-state index contributed by atoms with van der Waals surface area (Å²) in [6.45, 7) is 7.52. The molecular formula is C16H26N2O. The second kappa shape index (κ2) is 7.63. The van der Waals surface area contributed by atoms with Crippen LogP contribution < -0.4 is 5.32 Å². The minimum atomic E-state index is -0.328. The molecule has 1 heterocycles. The van der Waals surface area contributed by atoms with Gasteiger partial charge in [0, 0.05) is 32.7 Å². The predicted octanol–water partition coefficient (Wildman–Crippen LogP) is 1.97. The molecule has 106 valence electrons. The predicted molar refractivity (Wildman–Crippen MR) is 79.3 cm³/mol. The number of piperazine rings is 1. The first-order valence-corrected chi connectivity index (χ1v) is 7.49. The molecule has 1 aromatic rings. The summed E-state index contributed by atoms with van der Waals surface area (Å²) in [5.74, 6) is 0. The van der Waals surface area contributed by atoms with Crippen molar-refractivity contribution in [3.05, 3.63) is 35.4 Å². The van der Waals surface area contributed by atoms with Crippen LogP contribution in [0.2, 0.25) is 0 Å². The average Bonchev–Trinajstić information content (AvgIpc) is 2.47. The zero-order valence-electron chi connectivity index (χ0n) is 11.9. The highest BCUT2D eigenvalue weighted by Gasteiger charge is 2.13. The normalized spacial score (nSPS) is 18.4. The molecule has 0 spiro atoms. The van der Waals surface area contributed by atoms with Gasteiger partial charge in [-0.15, -0.1) is 0 Å². The molecular weight excluding hydrogens is 236 g/mol. The Labute approximate surface area is 116 Å². The van der Waals surface area contributed by atoms with Gasteiger partial charge in [0.1, 0.15) is 0 Å². The Morgan fingerprint density at radius 3 is 2.53 bits per heavy atom. The highest BCUT2D eigenvalue weighted by molar-refractivity contribution is 5.24. The molecule has 0 saturated carbocycles. The van der Waals surface area contributed by atoms with E-state index in [0.29, 0.717) is 0 Å². The topological polar surface area (TPSA) is 35.5 Å². The van der Waals surface area contributed by atoms with Gasteiger partial charge in [0.25, 0.3) is 0 Å². The van der Waals surface area contributed by atoms with E-state index in [9.17, 15) is 5.11 Å². The van der Waals surface area contributed by atoms with Gasteiger partial charge < -0.3 is 15.3 Å². The zero-order valence-corrected chi connectivity index (χ0v) is 11.9. The van der Waals surface area contributed by atoms with Gasteiger partial charge in [0.2, 0.25) is 0 Å². The van der Waals surface area contributed by atoms with Crippen molar-refractivity contribution in [3.63, 3.8) is 0 Å². The molecule has 2 N–H and O–H groups in total. The van der Waals surface area contributed by atoms with Gasteiger partial charge in [0.05, 0.1) is 6.10 Å². The zero-order chi connectivity index (χ0) is 13.5. The van der Waals surface area contributed by atoms with E-state index >= 15 is 0 Å². The Kier molecular flexibility index (Phi) is 5.83. The third-order valence-electron chi connectivity index (χ3n) is 3.83. The smallest absolute Gasteiger partial charge is 0.0802 e. The Morgan fingerprint density at radius 1 is 1.21 bits per heavy atom. The first-order valence-electron chi connectivity index (χ1n) is 7.49. The molecule has 2 rings (SSSR count). The van der Waals surface area contributed by atoms with Crippen molar-refractivity contribution in [2.24, 2.45) is 0 Å². The van der Waals surface area contributed by atoms with Gasteiger partial charge in [0.15, 0.2) is 0 Å². The third-order valence-corrected chi connectivity index (χ3v) is 3.83. The Balaban J connectivity index is 1.79. The SMILES string of the molecule is CCCc1ccc(C(O)CCN2CCNCC2)cc1. The highest BCUT2D eigenvalue weighted by atomic mass is 16.3. The molecule has 1 aliphatic rings. The first kappa shape index (κ1) is 14.5. The Bertz CT molecular complexity index is 358. The molecule has 1 atom stereocenters. The number of aliphatic hydroxyl groups is 1. The molecule has 0 radical (unpaired) electrons. The van der Waals surface area contributed by atoms with Crippen LogP contribution in [0.1, 0.15) is 37.0 Å². The van der Waals surface area contributed by atoms with Crippen molar-refractivity contribution in [1.29, 1.82) is 0 Å². The lowest BCUT2D eigenvalue weighted by atomic mass is 10.0. The van der Waals surface area contributed by atoms with Crippen LogP contribution in [0, 0.1) is 0 Å². The lowest BCUT2D eigenvalue weighted by Gasteiger charge is -2.28. The summed E-state index contributed by atoms with van der Waals surface area (Å²) in [6, 6.07) is 8.45. The molecule has 0 aliphatic carbocycles. The fourth-order valence-corrected chi connectivity index (χ4v) is 2.60. The largest absolute Gasteiger partial charge is 0.388 e. The summed E-state index contributed by atoms with van der Waals surface area (Å²) in [5, 5.41) is 13.6. The number of nitrogens with one attached hydrogen (secondary N) is 1. The average molecular weight is 262 g/mol. The maximum Gasteiger partial charge on any atom is 0.0802 e. The van der Waals surface area contributed by atoms with E-state index < -0.39 is 0 Å². The first-order chi connectivity index (χ1) is 9.29. The van der Waals surface area contributed by atoms with E-state index in [1.54, 1.807) is 0 Å². The fraction of sp³-hybridized carbons (Fsp3) is 0.625. The van der Waals surface area contributed by atoms with Gasteiger partial charge in [-0.05, 0) is 24.0 Å². The number of benzene rings is 1. The van der Waals surface area contributed by atoms with E-state index in [-0.39, 0.29) is 6.10 Å². The standard InChI is InChI=1S/C16H26N2O/c1-2-3-14-4-6-15(7-5-14)16(19)8-11-18-12-9-17-10-13-18/h4-7,16-17,19H,2-3,8-13H2,1H3. The molecule has 0 bridgehead atoms. The van der Waals surface area contributed by atoms with Crippen molar-refractivity contribution in [1.82, 2.24) is 10.2 Å². The number of aryl methyl sites for hydroxylation is 1. The van der Waals surface area contributed by atoms with Crippen LogP contribution in [0.3, 0.4) is 0 Å². The minimum absolute atomic E-state index is 0.328. The summed E-state index contributed by atoms with van der Waals surface area (Å²) < 4.78 is 0. The van der Waals surface area contributed by atoms with E-state index in [1.165, 1.54) is 12.0 Å². The number of aliphatic hydroxyl groups excluding tert-OH is 1. The van der Waals surface area contributed by atoms with Gasteiger partial charge in [-0.25, -0.2) is 0 Å². The van der Waals surface area contributed by atoms with Crippen LogP contribution in [0.4, 0.5) is 0 Å². The third kappa shape index (κ3) is 4.60. The lowest BCUT2D eigenvalue weighted by Crippen LogP contribution is -2.44. The monoisotopic (exact) mass is 262 g/mol.